The Labute approximate surface area is 97.1 Å². The Morgan fingerprint density at radius 2 is 2.27 bits per heavy atom. The van der Waals surface area contributed by atoms with Crippen molar-refractivity contribution in [3.8, 4) is 0 Å². The smallest absolute Gasteiger partial charge is 0.337 e. The zero-order chi connectivity index (χ0) is 11.4. The highest BCUT2D eigenvalue weighted by molar-refractivity contribution is 7.99. The molecule has 3 nitrogen and oxygen atoms in total. The summed E-state index contributed by atoms with van der Waals surface area (Å²) in [5.41, 5.74) is 0.0901. The topological polar surface area (TPSA) is 57.5 Å². The summed E-state index contributed by atoms with van der Waals surface area (Å²) < 4.78 is 0. The third-order valence-corrected chi connectivity index (χ3v) is 3.23. The summed E-state index contributed by atoms with van der Waals surface area (Å²) in [5, 5.41) is 18.1. The predicted octanol–water partition coefficient (Wildman–Crippen LogP) is 2.51. The van der Waals surface area contributed by atoms with E-state index in [1.54, 1.807) is 19.1 Å². The molecule has 1 unspecified atom stereocenters. The molecule has 0 saturated heterocycles. The van der Waals surface area contributed by atoms with E-state index >= 15 is 0 Å². The molecule has 1 rings (SSSR count). The number of aliphatic hydroxyl groups excluding tert-OH is 1. The lowest BCUT2D eigenvalue weighted by atomic mass is 10.2. The molecule has 0 fully saturated rings. The first-order chi connectivity index (χ1) is 7.00. The number of rotatable bonds is 4. The zero-order valence-electron chi connectivity index (χ0n) is 8.11. The van der Waals surface area contributed by atoms with Crippen LogP contribution in [0.15, 0.2) is 23.1 Å². The van der Waals surface area contributed by atoms with Crippen molar-refractivity contribution in [2.75, 3.05) is 5.75 Å². The number of hydrogen-bond donors (Lipinski definition) is 2. The van der Waals surface area contributed by atoms with E-state index in [0.717, 1.165) is 4.90 Å². The molecule has 0 aliphatic carbocycles. The molecule has 0 heterocycles. The van der Waals surface area contributed by atoms with E-state index in [-0.39, 0.29) is 10.6 Å². The maximum Gasteiger partial charge on any atom is 0.337 e. The third-order valence-electron chi connectivity index (χ3n) is 1.66. The fourth-order valence-electron chi connectivity index (χ4n) is 0.975. The first-order valence-corrected chi connectivity index (χ1v) is 5.70. The van der Waals surface area contributed by atoms with Crippen molar-refractivity contribution in [3.63, 3.8) is 0 Å². The van der Waals surface area contributed by atoms with Gasteiger partial charge < -0.3 is 10.2 Å². The third kappa shape index (κ3) is 3.74. The molecule has 1 atom stereocenters. The fraction of sp³-hybridized carbons (Fsp3) is 0.300. The normalized spacial score (nSPS) is 12.5. The van der Waals surface area contributed by atoms with Gasteiger partial charge in [0.15, 0.2) is 0 Å². The Morgan fingerprint density at radius 1 is 1.60 bits per heavy atom. The largest absolute Gasteiger partial charge is 0.478 e. The highest BCUT2D eigenvalue weighted by atomic mass is 35.5. The molecule has 1 aromatic rings. The van der Waals surface area contributed by atoms with E-state index < -0.39 is 12.1 Å². The molecule has 2 N–H and O–H groups in total. The van der Waals surface area contributed by atoms with Crippen molar-refractivity contribution in [2.45, 2.75) is 17.9 Å². The van der Waals surface area contributed by atoms with E-state index in [2.05, 4.69) is 0 Å². The minimum absolute atomic E-state index is 0.0901. The van der Waals surface area contributed by atoms with Gasteiger partial charge in [0.2, 0.25) is 0 Å². The van der Waals surface area contributed by atoms with Gasteiger partial charge in [-0.15, -0.1) is 11.8 Å². The van der Waals surface area contributed by atoms with E-state index in [0.29, 0.717) is 5.75 Å². The van der Waals surface area contributed by atoms with Crippen LogP contribution in [0.2, 0.25) is 5.02 Å². The fourth-order valence-corrected chi connectivity index (χ4v) is 1.97. The molecule has 0 radical (unpaired) electrons. The summed E-state index contributed by atoms with van der Waals surface area (Å²) in [6, 6.07) is 4.80. The van der Waals surface area contributed by atoms with E-state index in [1.165, 1.54) is 17.8 Å². The lowest BCUT2D eigenvalue weighted by Gasteiger charge is -2.05. The number of halogens is 1. The molecule has 82 valence electrons. The number of carboxylic acid groups (broad SMARTS) is 1. The van der Waals surface area contributed by atoms with Crippen LogP contribution in [0.5, 0.6) is 0 Å². The lowest BCUT2D eigenvalue weighted by Crippen LogP contribution is -2.03. The Morgan fingerprint density at radius 3 is 2.80 bits per heavy atom. The van der Waals surface area contributed by atoms with Gasteiger partial charge in [0.05, 0.1) is 16.7 Å². The summed E-state index contributed by atoms with van der Waals surface area (Å²) in [6.45, 7) is 1.68. The van der Waals surface area contributed by atoms with Gasteiger partial charge in [-0.05, 0) is 25.1 Å². The van der Waals surface area contributed by atoms with Crippen LogP contribution in [0.4, 0.5) is 0 Å². The van der Waals surface area contributed by atoms with Crippen molar-refractivity contribution in [2.24, 2.45) is 0 Å². The number of thioether (sulfide) groups is 1. The van der Waals surface area contributed by atoms with Crippen LogP contribution in [0, 0.1) is 0 Å². The van der Waals surface area contributed by atoms with E-state index in [1.807, 2.05) is 0 Å². The molecule has 0 bridgehead atoms. The molecular weight excluding hydrogens is 236 g/mol. The van der Waals surface area contributed by atoms with Crippen LogP contribution < -0.4 is 0 Å². The molecular formula is C10H11ClO3S. The predicted molar refractivity (Wildman–Crippen MR) is 60.8 cm³/mol. The number of benzene rings is 1. The van der Waals surface area contributed by atoms with Crippen molar-refractivity contribution < 1.29 is 15.0 Å². The van der Waals surface area contributed by atoms with Crippen LogP contribution in [0.1, 0.15) is 17.3 Å². The maximum absolute atomic E-state index is 10.8. The van der Waals surface area contributed by atoms with Gasteiger partial charge in [0.25, 0.3) is 0 Å². The van der Waals surface area contributed by atoms with Crippen LogP contribution in [0.3, 0.4) is 0 Å². The molecule has 0 aliphatic rings. The second kappa shape index (κ2) is 5.39. The summed E-state index contributed by atoms with van der Waals surface area (Å²) in [4.78, 5) is 11.6. The Balaban J connectivity index is 2.83. The van der Waals surface area contributed by atoms with Crippen molar-refractivity contribution >= 4 is 29.3 Å². The summed E-state index contributed by atoms with van der Waals surface area (Å²) in [7, 11) is 0. The van der Waals surface area contributed by atoms with Crippen LogP contribution in [-0.2, 0) is 0 Å². The summed E-state index contributed by atoms with van der Waals surface area (Å²) in [5.74, 6) is -0.514. The van der Waals surface area contributed by atoms with Gasteiger partial charge in [-0.25, -0.2) is 4.79 Å². The van der Waals surface area contributed by atoms with Gasteiger partial charge in [0, 0.05) is 10.6 Å². The zero-order valence-corrected chi connectivity index (χ0v) is 9.68. The number of aliphatic hydroxyl groups is 1. The second-order valence-corrected chi connectivity index (χ2v) is 4.61. The Hall–Kier alpha value is -0.710. The molecule has 0 aliphatic heterocycles. The number of carboxylic acids is 1. The number of carbonyl (C=O) groups is 1. The molecule has 0 amide bonds. The minimum Gasteiger partial charge on any atom is -0.478 e. The minimum atomic E-state index is -1.04. The molecule has 1 aromatic carbocycles. The van der Waals surface area contributed by atoms with E-state index in [4.69, 9.17) is 21.8 Å². The summed E-state index contributed by atoms with van der Waals surface area (Å²) >= 11 is 7.11. The first-order valence-electron chi connectivity index (χ1n) is 4.34. The van der Waals surface area contributed by atoms with Gasteiger partial charge in [-0.3, -0.25) is 0 Å². The van der Waals surface area contributed by atoms with Gasteiger partial charge in [-0.2, -0.15) is 0 Å². The van der Waals surface area contributed by atoms with Crippen molar-refractivity contribution in [3.05, 3.63) is 28.8 Å². The average Bonchev–Trinajstić information content (AvgIpc) is 2.16. The number of hydrogen-bond acceptors (Lipinski definition) is 3. The molecule has 0 saturated carbocycles. The maximum atomic E-state index is 10.8. The monoisotopic (exact) mass is 246 g/mol. The van der Waals surface area contributed by atoms with Crippen molar-refractivity contribution in [1.29, 1.82) is 0 Å². The van der Waals surface area contributed by atoms with Gasteiger partial charge in [0.1, 0.15) is 0 Å². The van der Waals surface area contributed by atoms with Crippen molar-refractivity contribution in [1.82, 2.24) is 0 Å². The van der Waals surface area contributed by atoms with Gasteiger partial charge in [-0.1, -0.05) is 11.6 Å². The Kier molecular flexibility index (Phi) is 4.45. The molecule has 15 heavy (non-hydrogen) atoms. The van der Waals surface area contributed by atoms with Gasteiger partial charge >= 0.3 is 5.97 Å². The quantitative estimate of drug-likeness (QED) is 0.802. The van der Waals surface area contributed by atoms with Crippen LogP contribution in [-0.4, -0.2) is 28.0 Å². The standard InChI is InChI=1S/C10H11ClO3S/c1-6(12)5-15-7-2-3-9(11)8(4-7)10(13)14/h2-4,6,12H,5H2,1H3,(H,13,14). The molecule has 5 heteroatoms. The SMILES string of the molecule is CC(O)CSc1ccc(Cl)c(C(=O)O)c1. The first kappa shape index (κ1) is 12.4. The number of aromatic carboxylic acids is 1. The average molecular weight is 247 g/mol. The van der Waals surface area contributed by atoms with E-state index in [9.17, 15) is 4.79 Å². The van der Waals surface area contributed by atoms with Crippen LogP contribution >= 0.6 is 23.4 Å². The highest BCUT2D eigenvalue weighted by Gasteiger charge is 2.09. The highest BCUT2D eigenvalue weighted by Crippen LogP contribution is 2.25. The molecule has 0 aromatic heterocycles. The Bertz CT molecular complexity index is 366. The van der Waals surface area contributed by atoms with Crippen LogP contribution in [0.25, 0.3) is 0 Å². The molecule has 0 spiro atoms. The summed E-state index contributed by atoms with van der Waals surface area (Å²) in [6.07, 6.45) is -0.418. The lowest BCUT2D eigenvalue weighted by molar-refractivity contribution is 0.0697. The second-order valence-electron chi connectivity index (χ2n) is 3.11.